The fourth-order valence-electron chi connectivity index (χ4n) is 1.74. The highest BCUT2D eigenvalue weighted by Gasteiger charge is 2.08. The molecule has 0 bridgehead atoms. The average Bonchev–Trinajstić information content (AvgIpc) is 2.43. The largest absolute Gasteiger partial charge is 0.482 e. The quantitative estimate of drug-likeness (QED) is 0.838. The number of carbonyl (C=O) groups is 1. The number of nitrogens with two attached hydrogens (primary N) is 1. The molecule has 3 N–H and O–H groups in total. The third-order valence-corrected chi connectivity index (χ3v) is 3.32. The highest BCUT2D eigenvalue weighted by Crippen LogP contribution is 2.27. The van der Waals surface area contributed by atoms with Gasteiger partial charge in [-0.25, -0.2) is 0 Å². The first-order chi connectivity index (χ1) is 9.95. The fourth-order valence-corrected chi connectivity index (χ4v) is 2.08. The number of aryl methyl sites for hydroxylation is 1. The molecule has 0 spiro atoms. The van der Waals surface area contributed by atoms with E-state index >= 15 is 0 Å². The molecule has 1 amide bonds. The van der Waals surface area contributed by atoms with Crippen molar-refractivity contribution in [3.63, 3.8) is 0 Å². The summed E-state index contributed by atoms with van der Waals surface area (Å²) in [5, 5.41) is 3.64. The number of nitrogen functional groups attached to an aromatic ring is 1. The molecule has 110 valence electrons. The highest BCUT2D eigenvalue weighted by molar-refractivity contribution is 6.34. The first-order valence-corrected chi connectivity index (χ1v) is 6.95. The van der Waals surface area contributed by atoms with E-state index < -0.39 is 0 Å². The van der Waals surface area contributed by atoms with E-state index in [0.29, 0.717) is 27.2 Å². The minimum atomic E-state index is -0.293. The maximum atomic E-state index is 11.9. The zero-order valence-electron chi connectivity index (χ0n) is 11.3. The standard InChI is InChI=1S/C15H14Cl2N2O2/c1-9-6-11(18)3-5-13(9)19-15(20)8-21-14-7-10(16)2-4-12(14)17/h2-7H,8,18H2,1H3,(H,19,20). The van der Waals surface area contributed by atoms with Gasteiger partial charge in [-0.3, -0.25) is 4.79 Å². The summed E-state index contributed by atoms with van der Waals surface area (Å²) in [5.74, 6) is 0.0762. The predicted octanol–water partition coefficient (Wildman–Crippen LogP) is 3.90. The summed E-state index contributed by atoms with van der Waals surface area (Å²) in [6.07, 6.45) is 0. The van der Waals surface area contributed by atoms with Crippen molar-refractivity contribution < 1.29 is 9.53 Å². The van der Waals surface area contributed by atoms with Gasteiger partial charge in [-0.1, -0.05) is 23.2 Å². The second-order valence-corrected chi connectivity index (χ2v) is 5.33. The Morgan fingerprint density at radius 3 is 2.71 bits per heavy atom. The molecular weight excluding hydrogens is 311 g/mol. The second-order valence-electron chi connectivity index (χ2n) is 4.49. The van der Waals surface area contributed by atoms with Gasteiger partial charge in [0.15, 0.2) is 6.61 Å². The SMILES string of the molecule is Cc1cc(N)ccc1NC(=O)COc1cc(Cl)ccc1Cl. The molecule has 4 nitrogen and oxygen atoms in total. The van der Waals surface area contributed by atoms with Crippen LogP contribution in [0.3, 0.4) is 0 Å². The van der Waals surface area contributed by atoms with E-state index in [1.807, 2.05) is 6.92 Å². The number of rotatable bonds is 4. The summed E-state index contributed by atoms with van der Waals surface area (Å²) in [6, 6.07) is 10.1. The number of amides is 1. The number of benzene rings is 2. The molecule has 0 saturated heterocycles. The topological polar surface area (TPSA) is 64.3 Å². The van der Waals surface area contributed by atoms with Gasteiger partial charge in [-0.2, -0.15) is 0 Å². The second kappa shape index (κ2) is 6.70. The molecule has 21 heavy (non-hydrogen) atoms. The van der Waals surface area contributed by atoms with Crippen molar-refractivity contribution in [1.29, 1.82) is 0 Å². The minimum absolute atomic E-state index is 0.163. The number of anilines is 2. The van der Waals surface area contributed by atoms with Crippen LogP contribution in [0.1, 0.15) is 5.56 Å². The number of carbonyl (C=O) groups excluding carboxylic acids is 1. The lowest BCUT2D eigenvalue weighted by Crippen LogP contribution is -2.20. The molecule has 0 fully saturated rings. The third-order valence-electron chi connectivity index (χ3n) is 2.78. The van der Waals surface area contributed by atoms with Crippen LogP contribution in [0, 0.1) is 6.92 Å². The van der Waals surface area contributed by atoms with E-state index in [-0.39, 0.29) is 12.5 Å². The molecule has 0 radical (unpaired) electrons. The van der Waals surface area contributed by atoms with E-state index in [9.17, 15) is 4.79 Å². The lowest BCUT2D eigenvalue weighted by atomic mass is 10.2. The average molecular weight is 325 g/mol. The van der Waals surface area contributed by atoms with Gasteiger partial charge in [-0.15, -0.1) is 0 Å². The van der Waals surface area contributed by atoms with E-state index in [2.05, 4.69) is 5.32 Å². The van der Waals surface area contributed by atoms with Gasteiger partial charge in [0.05, 0.1) is 5.02 Å². The molecule has 0 aliphatic rings. The van der Waals surface area contributed by atoms with Crippen LogP contribution in [0.5, 0.6) is 5.75 Å². The van der Waals surface area contributed by atoms with Crippen molar-refractivity contribution in [3.8, 4) is 5.75 Å². The van der Waals surface area contributed by atoms with Crippen LogP contribution < -0.4 is 15.8 Å². The van der Waals surface area contributed by atoms with Crippen LogP contribution in [0.4, 0.5) is 11.4 Å². The number of ether oxygens (including phenoxy) is 1. The summed E-state index contributed by atoms with van der Waals surface area (Å²) in [7, 11) is 0. The maximum Gasteiger partial charge on any atom is 0.262 e. The summed E-state index contributed by atoms with van der Waals surface area (Å²) in [6.45, 7) is 1.70. The van der Waals surface area contributed by atoms with Crippen molar-refractivity contribution in [2.75, 3.05) is 17.7 Å². The Hall–Kier alpha value is -1.91. The van der Waals surface area contributed by atoms with Crippen molar-refractivity contribution in [1.82, 2.24) is 0 Å². The fraction of sp³-hybridized carbons (Fsp3) is 0.133. The lowest BCUT2D eigenvalue weighted by molar-refractivity contribution is -0.118. The zero-order valence-corrected chi connectivity index (χ0v) is 12.8. The molecule has 0 aromatic heterocycles. The van der Waals surface area contributed by atoms with Gasteiger partial charge in [0, 0.05) is 22.5 Å². The molecule has 2 aromatic rings. The molecule has 0 heterocycles. The van der Waals surface area contributed by atoms with E-state index in [1.165, 1.54) is 0 Å². The summed E-state index contributed by atoms with van der Waals surface area (Å²) < 4.78 is 5.36. The lowest BCUT2D eigenvalue weighted by Gasteiger charge is -2.11. The van der Waals surface area contributed by atoms with Crippen molar-refractivity contribution in [3.05, 3.63) is 52.0 Å². The third kappa shape index (κ3) is 4.28. The Bertz CT molecular complexity index is 675. The zero-order chi connectivity index (χ0) is 15.4. The molecule has 6 heteroatoms. The Kier molecular flexibility index (Phi) is 4.94. The van der Waals surface area contributed by atoms with E-state index in [1.54, 1.807) is 36.4 Å². The van der Waals surface area contributed by atoms with Gasteiger partial charge in [-0.05, 0) is 42.8 Å². The number of nitrogens with one attached hydrogen (secondary N) is 1. The van der Waals surface area contributed by atoms with Gasteiger partial charge in [0.1, 0.15) is 5.75 Å². The molecular formula is C15H14Cl2N2O2. The maximum absolute atomic E-state index is 11.9. The van der Waals surface area contributed by atoms with Crippen molar-refractivity contribution in [2.45, 2.75) is 6.92 Å². The normalized spacial score (nSPS) is 10.2. The first-order valence-electron chi connectivity index (χ1n) is 6.19. The Labute approximate surface area is 132 Å². The summed E-state index contributed by atoms with van der Waals surface area (Å²) in [4.78, 5) is 11.9. The molecule has 2 rings (SSSR count). The first kappa shape index (κ1) is 15.5. The molecule has 0 aliphatic carbocycles. The van der Waals surface area contributed by atoms with Gasteiger partial charge in [0.2, 0.25) is 0 Å². The van der Waals surface area contributed by atoms with Crippen molar-refractivity contribution >= 4 is 40.5 Å². The van der Waals surface area contributed by atoms with E-state index in [0.717, 1.165) is 5.56 Å². The summed E-state index contributed by atoms with van der Waals surface area (Å²) >= 11 is 11.8. The molecule has 2 aromatic carbocycles. The summed E-state index contributed by atoms with van der Waals surface area (Å²) in [5.41, 5.74) is 7.87. The van der Waals surface area contributed by atoms with E-state index in [4.69, 9.17) is 33.7 Å². The minimum Gasteiger partial charge on any atom is -0.482 e. The Balaban J connectivity index is 1.97. The smallest absolute Gasteiger partial charge is 0.262 e. The molecule has 0 unspecified atom stereocenters. The van der Waals surface area contributed by atoms with Crippen LogP contribution in [-0.4, -0.2) is 12.5 Å². The number of hydrogen-bond donors (Lipinski definition) is 2. The molecule has 0 saturated carbocycles. The number of halogens is 2. The van der Waals surface area contributed by atoms with Crippen LogP contribution in [0.25, 0.3) is 0 Å². The highest BCUT2D eigenvalue weighted by atomic mass is 35.5. The Morgan fingerprint density at radius 2 is 2.00 bits per heavy atom. The van der Waals surface area contributed by atoms with Crippen LogP contribution in [0.15, 0.2) is 36.4 Å². The molecule has 0 atom stereocenters. The predicted molar refractivity (Wildman–Crippen MR) is 86.2 cm³/mol. The Morgan fingerprint density at radius 1 is 1.24 bits per heavy atom. The van der Waals surface area contributed by atoms with Crippen LogP contribution >= 0.6 is 23.2 Å². The van der Waals surface area contributed by atoms with Crippen LogP contribution in [-0.2, 0) is 4.79 Å². The van der Waals surface area contributed by atoms with Gasteiger partial charge >= 0.3 is 0 Å². The molecule has 0 aliphatic heterocycles. The van der Waals surface area contributed by atoms with Gasteiger partial charge in [0.25, 0.3) is 5.91 Å². The monoisotopic (exact) mass is 324 g/mol. The number of hydrogen-bond acceptors (Lipinski definition) is 3. The van der Waals surface area contributed by atoms with Gasteiger partial charge < -0.3 is 15.8 Å². The van der Waals surface area contributed by atoms with Crippen molar-refractivity contribution in [2.24, 2.45) is 0 Å². The van der Waals surface area contributed by atoms with Crippen LogP contribution in [0.2, 0.25) is 10.0 Å².